The van der Waals surface area contributed by atoms with E-state index in [1.54, 1.807) is 19.2 Å². The monoisotopic (exact) mass is 466 g/mol. The van der Waals surface area contributed by atoms with Gasteiger partial charge in [-0.25, -0.2) is 4.79 Å². The second-order valence-electron chi connectivity index (χ2n) is 9.37. The van der Waals surface area contributed by atoms with Gasteiger partial charge in [0, 0.05) is 13.6 Å². The predicted octanol–water partition coefficient (Wildman–Crippen LogP) is 3.53. The molecule has 2 aliphatic rings. The lowest BCUT2D eigenvalue weighted by Crippen LogP contribution is -2.69. The highest BCUT2D eigenvalue weighted by atomic mass is 16.8. The summed E-state index contributed by atoms with van der Waals surface area (Å²) in [6.45, 7) is 6.28. The number of carbonyl (C=O) groups is 2. The molecule has 1 N–H and O–H groups in total. The molecule has 0 radical (unpaired) electrons. The van der Waals surface area contributed by atoms with Crippen molar-refractivity contribution >= 4 is 11.9 Å². The Morgan fingerprint density at radius 2 is 1.62 bits per heavy atom. The molecule has 2 saturated heterocycles. The molecule has 4 rings (SSSR count). The first-order valence-corrected chi connectivity index (χ1v) is 12.0. The van der Waals surface area contributed by atoms with E-state index in [1.165, 1.54) is 0 Å². The second-order valence-corrected chi connectivity index (χ2v) is 9.37. The standard InChI is InChI=1S/C27H34N2O5/c1-5-12-20-22(32-26(31)19-15-10-7-11-16-19)24-23(33-27(2,3)34-24)21(25(30)28-4)29(20)17-18-13-8-6-9-14-18/h6-11,13-16,20-24H,5,12,17H2,1-4H3,(H,28,30). The maximum atomic E-state index is 13.2. The summed E-state index contributed by atoms with van der Waals surface area (Å²) in [6, 6.07) is 18.2. The number of likely N-dealkylation sites (N-methyl/N-ethyl adjacent to an activating group) is 1. The van der Waals surface area contributed by atoms with Crippen molar-refractivity contribution in [2.75, 3.05) is 7.05 Å². The van der Waals surface area contributed by atoms with E-state index in [0.29, 0.717) is 12.1 Å². The van der Waals surface area contributed by atoms with Crippen molar-refractivity contribution in [3.8, 4) is 0 Å². The third-order valence-corrected chi connectivity index (χ3v) is 6.52. The molecule has 7 heteroatoms. The molecule has 34 heavy (non-hydrogen) atoms. The topological polar surface area (TPSA) is 77.1 Å². The number of benzene rings is 2. The number of piperidine rings is 1. The highest BCUT2D eigenvalue weighted by Gasteiger charge is 2.60. The Labute approximate surface area is 201 Å². The highest BCUT2D eigenvalue weighted by molar-refractivity contribution is 5.89. The summed E-state index contributed by atoms with van der Waals surface area (Å²) >= 11 is 0. The Balaban J connectivity index is 1.75. The molecule has 2 aliphatic heterocycles. The second kappa shape index (κ2) is 10.3. The molecule has 0 saturated carbocycles. The molecule has 5 unspecified atom stereocenters. The Morgan fingerprint density at radius 1 is 1.00 bits per heavy atom. The molecule has 7 nitrogen and oxygen atoms in total. The Kier molecular flexibility index (Phi) is 7.36. The normalized spacial score (nSPS) is 28.2. The first-order chi connectivity index (χ1) is 16.3. The van der Waals surface area contributed by atoms with Crippen molar-refractivity contribution in [3.05, 3.63) is 71.8 Å². The number of amides is 1. The smallest absolute Gasteiger partial charge is 0.338 e. The fourth-order valence-electron chi connectivity index (χ4n) is 5.11. The summed E-state index contributed by atoms with van der Waals surface area (Å²) in [4.78, 5) is 28.5. The molecule has 2 fully saturated rings. The van der Waals surface area contributed by atoms with Crippen LogP contribution in [0.5, 0.6) is 0 Å². The number of hydrogen-bond donors (Lipinski definition) is 1. The molecule has 2 aromatic rings. The lowest BCUT2D eigenvalue weighted by molar-refractivity contribution is -0.155. The van der Waals surface area contributed by atoms with Gasteiger partial charge in [0.15, 0.2) is 5.79 Å². The molecule has 0 aromatic heterocycles. The van der Waals surface area contributed by atoms with Gasteiger partial charge >= 0.3 is 5.97 Å². The van der Waals surface area contributed by atoms with Crippen LogP contribution in [0.3, 0.4) is 0 Å². The van der Waals surface area contributed by atoms with Crippen LogP contribution in [0.25, 0.3) is 0 Å². The highest BCUT2D eigenvalue weighted by Crippen LogP contribution is 2.42. The number of hydrogen-bond acceptors (Lipinski definition) is 6. The van der Waals surface area contributed by atoms with Crippen LogP contribution in [0.15, 0.2) is 60.7 Å². The van der Waals surface area contributed by atoms with Gasteiger partial charge in [-0.1, -0.05) is 61.9 Å². The third kappa shape index (κ3) is 5.02. The van der Waals surface area contributed by atoms with Crippen LogP contribution in [0.2, 0.25) is 0 Å². The van der Waals surface area contributed by atoms with E-state index < -0.39 is 36.1 Å². The van der Waals surface area contributed by atoms with Gasteiger partial charge in [-0.15, -0.1) is 0 Å². The Hall–Kier alpha value is -2.74. The fraction of sp³-hybridized carbons (Fsp3) is 0.481. The number of likely N-dealkylation sites (tertiary alicyclic amines) is 1. The minimum Gasteiger partial charge on any atom is -0.454 e. The molecule has 182 valence electrons. The fourth-order valence-corrected chi connectivity index (χ4v) is 5.11. The molecule has 2 heterocycles. The van der Waals surface area contributed by atoms with Crippen LogP contribution in [-0.4, -0.2) is 60.0 Å². The van der Waals surface area contributed by atoms with Crippen LogP contribution in [-0.2, 0) is 25.5 Å². The van der Waals surface area contributed by atoms with E-state index in [1.807, 2.05) is 62.4 Å². The number of ether oxygens (including phenoxy) is 3. The van der Waals surface area contributed by atoms with Gasteiger partial charge in [0.05, 0.1) is 11.6 Å². The van der Waals surface area contributed by atoms with Crippen molar-refractivity contribution in [3.63, 3.8) is 0 Å². The number of esters is 1. The predicted molar refractivity (Wildman–Crippen MR) is 128 cm³/mol. The largest absolute Gasteiger partial charge is 0.454 e. The summed E-state index contributed by atoms with van der Waals surface area (Å²) in [5.41, 5.74) is 1.55. The zero-order valence-electron chi connectivity index (χ0n) is 20.3. The van der Waals surface area contributed by atoms with Crippen LogP contribution in [0.1, 0.15) is 49.5 Å². The maximum Gasteiger partial charge on any atom is 0.338 e. The van der Waals surface area contributed by atoms with Crippen molar-refractivity contribution in [1.29, 1.82) is 0 Å². The molecular formula is C27H34N2O5. The van der Waals surface area contributed by atoms with Crippen LogP contribution < -0.4 is 5.32 Å². The first kappa shape index (κ1) is 24.4. The van der Waals surface area contributed by atoms with Gasteiger partial charge in [0.1, 0.15) is 24.4 Å². The van der Waals surface area contributed by atoms with Crippen LogP contribution in [0, 0.1) is 0 Å². The number of nitrogens with zero attached hydrogens (tertiary/aromatic N) is 1. The van der Waals surface area contributed by atoms with Crippen molar-refractivity contribution < 1.29 is 23.8 Å². The molecular weight excluding hydrogens is 432 g/mol. The average Bonchev–Trinajstić information content (AvgIpc) is 3.16. The van der Waals surface area contributed by atoms with Crippen molar-refractivity contribution in [1.82, 2.24) is 10.2 Å². The van der Waals surface area contributed by atoms with E-state index in [2.05, 4.69) is 17.1 Å². The SMILES string of the molecule is CCCC1C(OC(=O)c2ccccc2)C2OC(C)(C)OC2C(C(=O)NC)N1Cc1ccccc1. The van der Waals surface area contributed by atoms with Crippen molar-refractivity contribution in [2.24, 2.45) is 0 Å². The molecule has 5 atom stereocenters. The molecule has 1 amide bonds. The minimum absolute atomic E-state index is 0.138. The van der Waals surface area contributed by atoms with Gasteiger partial charge in [-0.05, 0) is 38.0 Å². The number of nitrogens with one attached hydrogen (secondary N) is 1. The van der Waals surface area contributed by atoms with Gasteiger partial charge < -0.3 is 19.5 Å². The number of fused-ring (bicyclic) bond motifs is 1. The number of carbonyl (C=O) groups excluding carboxylic acids is 2. The lowest BCUT2D eigenvalue weighted by Gasteiger charge is -2.49. The van der Waals surface area contributed by atoms with Gasteiger partial charge in [0.25, 0.3) is 0 Å². The zero-order chi connectivity index (χ0) is 24.3. The molecule has 0 aliphatic carbocycles. The van der Waals surface area contributed by atoms with E-state index in [0.717, 1.165) is 18.4 Å². The van der Waals surface area contributed by atoms with E-state index in [9.17, 15) is 9.59 Å². The summed E-state index contributed by atoms with van der Waals surface area (Å²) < 4.78 is 18.7. The Bertz CT molecular complexity index is 981. The van der Waals surface area contributed by atoms with Crippen LogP contribution >= 0.6 is 0 Å². The summed E-state index contributed by atoms with van der Waals surface area (Å²) in [5, 5.41) is 2.81. The summed E-state index contributed by atoms with van der Waals surface area (Å²) in [5.74, 6) is -1.45. The van der Waals surface area contributed by atoms with Crippen LogP contribution in [0.4, 0.5) is 0 Å². The minimum atomic E-state index is -0.904. The summed E-state index contributed by atoms with van der Waals surface area (Å²) in [6.07, 6.45) is -0.143. The first-order valence-electron chi connectivity index (χ1n) is 12.0. The van der Waals surface area contributed by atoms with E-state index in [4.69, 9.17) is 14.2 Å². The van der Waals surface area contributed by atoms with Gasteiger partial charge in [-0.3, -0.25) is 9.69 Å². The van der Waals surface area contributed by atoms with Crippen molar-refractivity contribution in [2.45, 2.75) is 76.3 Å². The molecule has 0 spiro atoms. The maximum absolute atomic E-state index is 13.2. The molecule has 0 bridgehead atoms. The van der Waals surface area contributed by atoms with E-state index >= 15 is 0 Å². The average molecular weight is 467 g/mol. The number of rotatable bonds is 7. The molecule has 2 aromatic carbocycles. The quantitative estimate of drug-likeness (QED) is 0.629. The van der Waals surface area contributed by atoms with E-state index in [-0.39, 0.29) is 11.9 Å². The zero-order valence-corrected chi connectivity index (χ0v) is 20.3. The Morgan fingerprint density at radius 3 is 2.24 bits per heavy atom. The van der Waals surface area contributed by atoms with Gasteiger partial charge in [0.2, 0.25) is 5.91 Å². The third-order valence-electron chi connectivity index (χ3n) is 6.52. The van der Waals surface area contributed by atoms with Gasteiger partial charge in [-0.2, -0.15) is 0 Å². The summed E-state index contributed by atoms with van der Waals surface area (Å²) in [7, 11) is 1.63. The lowest BCUT2D eigenvalue weighted by atomic mass is 9.84.